The lowest BCUT2D eigenvalue weighted by atomic mass is 10.0. The Morgan fingerprint density at radius 1 is 1.29 bits per heavy atom. The van der Waals surface area contributed by atoms with Gasteiger partial charge in [0.05, 0.1) is 5.60 Å². The fraction of sp³-hybridized carbons (Fsp3) is 0.571. The van der Waals surface area contributed by atoms with Crippen LogP contribution in [-0.4, -0.2) is 17.3 Å². The van der Waals surface area contributed by atoms with Crippen LogP contribution in [0.5, 0.6) is 0 Å². The molecular formula is C14H20BrNO. The SMILES string of the molecule is C[C@@H](NCC1(O)CCCC1)c1ccc(Br)cc1. The third-order valence-corrected chi connectivity index (χ3v) is 4.17. The highest BCUT2D eigenvalue weighted by Gasteiger charge is 2.30. The molecule has 0 amide bonds. The molecule has 2 nitrogen and oxygen atoms in total. The summed E-state index contributed by atoms with van der Waals surface area (Å²) in [6.45, 7) is 2.84. The summed E-state index contributed by atoms with van der Waals surface area (Å²) < 4.78 is 1.10. The van der Waals surface area contributed by atoms with E-state index in [4.69, 9.17) is 0 Å². The molecule has 1 aliphatic rings. The lowest BCUT2D eigenvalue weighted by Crippen LogP contribution is -2.39. The fourth-order valence-electron chi connectivity index (χ4n) is 2.42. The average molecular weight is 298 g/mol. The molecule has 1 saturated carbocycles. The number of aliphatic hydroxyl groups is 1. The smallest absolute Gasteiger partial charge is 0.0771 e. The third kappa shape index (κ3) is 3.54. The maximum atomic E-state index is 10.3. The van der Waals surface area contributed by atoms with E-state index in [2.05, 4.69) is 52.4 Å². The van der Waals surface area contributed by atoms with Gasteiger partial charge in [-0.25, -0.2) is 0 Å². The molecule has 0 unspecified atom stereocenters. The molecule has 2 rings (SSSR count). The molecule has 0 aromatic heterocycles. The van der Waals surface area contributed by atoms with Crippen LogP contribution in [0.3, 0.4) is 0 Å². The van der Waals surface area contributed by atoms with Gasteiger partial charge in [-0.15, -0.1) is 0 Å². The fourth-order valence-corrected chi connectivity index (χ4v) is 2.69. The summed E-state index contributed by atoms with van der Waals surface area (Å²) in [7, 11) is 0. The van der Waals surface area contributed by atoms with Crippen molar-refractivity contribution in [2.24, 2.45) is 0 Å². The van der Waals surface area contributed by atoms with E-state index in [9.17, 15) is 5.11 Å². The molecule has 0 aliphatic heterocycles. The molecule has 1 aliphatic carbocycles. The number of halogens is 1. The third-order valence-electron chi connectivity index (χ3n) is 3.64. The molecule has 17 heavy (non-hydrogen) atoms. The predicted octanol–water partition coefficient (Wildman–Crippen LogP) is 3.40. The molecule has 0 bridgehead atoms. The Balaban J connectivity index is 1.88. The van der Waals surface area contributed by atoms with Crippen LogP contribution in [0.1, 0.15) is 44.2 Å². The molecular weight excluding hydrogens is 278 g/mol. The van der Waals surface area contributed by atoms with E-state index in [-0.39, 0.29) is 6.04 Å². The largest absolute Gasteiger partial charge is 0.389 e. The van der Waals surface area contributed by atoms with E-state index in [1.165, 1.54) is 5.56 Å². The zero-order chi connectivity index (χ0) is 12.3. The van der Waals surface area contributed by atoms with E-state index < -0.39 is 5.60 Å². The van der Waals surface area contributed by atoms with Gasteiger partial charge in [0.1, 0.15) is 0 Å². The lowest BCUT2D eigenvalue weighted by Gasteiger charge is -2.25. The zero-order valence-electron chi connectivity index (χ0n) is 10.2. The van der Waals surface area contributed by atoms with Gasteiger partial charge in [0.15, 0.2) is 0 Å². The normalized spacial score (nSPS) is 20.4. The minimum Gasteiger partial charge on any atom is -0.389 e. The van der Waals surface area contributed by atoms with E-state index in [0.29, 0.717) is 6.54 Å². The zero-order valence-corrected chi connectivity index (χ0v) is 11.8. The second kappa shape index (κ2) is 5.51. The predicted molar refractivity (Wildman–Crippen MR) is 74.0 cm³/mol. The highest BCUT2D eigenvalue weighted by atomic mass is 79.9. The standard InChI is InChI=1S/C14H20BrNO/c1-11(12-4-6-13(15)7-5-12)16-10-14(17)8-2-3-9-14/h4-7,11,16-17H,2-3,8-10H2,1H3/t11-/m1/s1. The minimum absolute atomic E-state index is 0.285. The van der Waals surface area contributed by atoms with Crippen molar-refractivity contribution in [1.29, 1.82) is 0 Å². The Morgan fingerprint density at radius 3 is 2.47 bits per heavy atom. The van der Waals surface area contributed by atoms with Gasteiger partial charge in [0, 0.05) is 17.1 Å². The van der Waals surface area contributed by atoms with Crippen LogP contribution in [0.25, 0.3) is 0 Å². The van der Waals surface area contributed by atoms with Gasteiger partial charge >= 0.3 is 0 Å². The van der Waals surface area contributed by atoms with Crippen molar-refractivity contribution >= 4 is 15.9 Å². The van der Waals surface area contributed by atoms with Crippen molar-refractivity contribution in [2.45, 2.75) is 44.2 Å². The molecule has 0 saturated heterocycles. The monoisotopic (exact) mass is 297 g/mol. The number of hydrogen-bond donors (Lipinski definition) is 2. The number of rotatable bonds is 4. The van der Waals surface area contributed by atoms with Gasteiger partial charge in [0.2, 0.25) is 0 Å². The first-order valence-electron chi connectivity index (χ1n) is 6.30. The summed E-state index contributed by atoms with van der Waals surface area (Å²) in [5, 5.41) is 13.7. The van der Waals surface area contributed by atoms with Crippen molar-refractivity contribution in [3.05, 3.63) is 34.3 Å². The summed E-state index contributed by atoms with van der Waals surface area (Å²) >= 11 is 3.44. The van der Waals surface area contributed by atoms with Gasteiger partial charge in [-0.2, -0.15) is 0 Å². The second-order valence-corrected chi connectivity index (χ2v) is 6.00. The average Bonchev–Trinajstić information content (AvgIpc) is 2.75. The number of benzene rings is 1. The van der Waals surface area contributed by atoms with Crippen LogP contribution >= 0.6 is 15.9 Å². The minimum atomic E-state index is -0.469. The topological polar surface area (TPSA) is 32.3 Å². The Hall–Kier alpha value is -0.380. The summed E-state index contributed by atoms with van der Waals surface area (Å²) in [4.78, 5) is 0. The van der Waals surface area contributed by atoms with E-state index in [0.717, 1.165) is 30.2 Å². The summed E-state index contributed by atoms with van der Waals surface area (Å²) in [5.74, 6) is 0. The van der Waals surface area contributed by atoms with Gasteiger partial charge in [0.25, 0.3) is 0 Å². The van der Waals surface area contributed by atoms with Crippen LogP contribution in [0.4, 0.5) is 0 Å². The molecule has 1 fully saturated rings. The first-order chi connectivity index (χ1) is 8.09. The van der Waals surface area contributed by atoms with Gasteiger partial charge in [-0.1, -0.05) is 40.9 Å². The highest BCUT2D eigenvalue weighted by Crippen LogP contribution is 2.29. The summed E-state index contributed by atoms with van der Waals surface area (Å²) in [6, 6.07) is 8.61. The van der Waals surface area contributed by atoms with Crippen molar-refractivity contribution in [2.75, 3.05) is 6.54 Å². The lowest BCUT2D eigenvalue weighted by molar-refractivity contribution is 0.0453. The number of hydrogen-bond acceptors (Lipinski definition) is 2. The molecule has 0 radical (unpaired) electrons. The van der Waals surface area contributed by atoms with Crippen molar-refractivity contribution < 1.29 is 5.11 Å². The Labute approximate surface area is 112 Å². The summed E-state index contributed by atoms with van der Waals surface area (Å²) in [6.07, 6.45) is 4.19. The van der Waals surface area contributed by atoms with Crippen LogP contribution in [-0.2, 0) is 0 Å². The molecule has 3 heteroatoms. The quantitative estimate of drug-likeness (QED) is 0.893. The van der Waals surface area contributed by atoms with Crippen molar-refractivity contribution in [1.82, 2.24) is 5.32 Å². The second-order valence-electron chi connectivity index (χ2n) is 5.09. The molecule has 1 atom stereocenters. The Kier molecular flexibility index (Phi) is 4.23. The van der Waals surface area contributed by atoms with Crippen LogP contribution < -0.4 is 5.32 Å². The number of nitrogens with one attached hydrogen (secondary N) is 1. The molecule has 2 N–H and O–H groups in total. The molecule has 1 aromatic rings. The molecule has 94 valence electrons. The Morgan fingerprint density at radius 2 is 1.88 bits per heavy atom. The highest BCUT2D eigenvalue weighted by molar-refractivity contribution is 9.10. The Bertz CT molecular complexity index is 357. The van der Waals surface area contributed by atoms with E-state index >= 15 is 0 Å². The van der Waals surface area contributed by atoms with Crippen molar-refractivity contribution in [3.63, 3.8) is 0 Å². The summed E-state index contributed by atoms with van der Waals surface area (Å²) in [5.41, 5.74) is 0.790. The van der Waals surface area contributed by atoms with Gasteiger partial charge in [-0.05, 0) is 37.5 Å². The van der Waals surface area contributed by atoms with Crippen molar-refractivity contribution in [3.8, 4) is 0 Å². The van der Waals surface area contributed by atoms with E-state index in [1.807, 2.05) is 0 Å². The maximum absolute atomic E-state index is 10.3. The molecule has 0 spiro atoms. The molecule has 1 aromatic carbocycles. The first kappa shape index (κ1) is 13.1. The van der Waals surface area contributed by atoms with Gasteiger partial charge < -0.3 is 10.4 Å². The molecule has 0 heterocycles. The van der Waals surface area contributed by atoms with Crippen LogP contribution in [0.15, 0.2) is 28.7 Å². The van der Waals surface area contributed by atoms with Crippen LogP contribution in [0, 0.1) is 0 Å². The van der Waals surface area contributed by atoms with Gasteiger partial charge in [-0.3, -0.25) is 0 Å². The first-order valence-corrected chi connectivity index (χ1v) is 7.10. The maximum Gasteiger partial charge on any atom is 0.0771 e. The van der Waals surface area contributed by atoms with Crippen LogP contribution in [0.2, 0.25) is 0 Å². The van der Waals surface area contributed by atoms with E-state index in [1.54, 1.807) is 0 Å².